The highest BCUT2D eigenvalue weighted by Gasteiger charge is 2.35. The molecule has 1 aromatic carbocycles. The molecule has 11 heteroatoms. The van der Waals surface area contributed by atoms with Crippen LogP contribution in [0.25, 0.3) is 0 Å². The number of ether oxygens (including phenoxy) is 1. The molecule has 1 aliphatic heterocycles. The molecule has 0 spiro atoms. The predicted molar refractivity (Wildman–Crippen MR) is 103 cm³/mol. The van der Waals surface area contributed by atoms with Gasteiger partial charge < -0.3 is 20.5 Å². The van der Waals surface area contributed by atoms with Gasteiger partial charge in [-0.2, -0.15) is 13.2 Å². The molecular formula is C19H19ClF3N3O4. The number of carbonyl (C=O) groups excluding carboxylic acids is 1. The first-order valence-electron chi connectivity index (χ1n) is 8.79. The quantitative estimate of drug-likeness (QED) is 0.730. The van der Waals surface area contributed by atoms with E-state index in [1.165, 1.54) is 35.2 Å². The minimum absolute atomic E-state index is 0. The topological polar surface area (TPSA) is 106 Å². The van der Waals surface area contributed by atoms with Crippen molar-refractivity contribution in [3.05, 3.63) is 53.2 Å². The fourth-order valence-corrected chi connectivity index (χ4v) is 3.12. The van der Waals surface area contributed by atoms with Crippen LogP contribution in [0.3, 0.4) is 0 Å². The zero-order chi connectivity index (χ0) is 21.2. The monoisotopic (exact) mass is 445 g/mol. The van der Waals surface area contributed by atoms with E-state index in [1.54, 1.807) is 0 Å². The van der Waals surface area contributed by atoms with Crippen molar-refractivity contribution in [2.45, 2.75) is 31.6 Å². The summed E-state index contributed by atoms with van der Waals surface area (Å²) >= 11 is 0. The Hall–Kier alpha value is -2.85. The molecule has 1 amide bonds. The van der Waals surface area contributed by atoms with Crippen LogP contribution in [0.1, 0.15) is 34.5 Å². The fourth-order valence-electron chi connectivity index (χ4n) is 3.12. The second-order valence-corrected chi connectivity index (χ2v) is 6.53. The Balaban J connectivity index is 0.00000320. The standard InChI is InChI=1S/C19H18F3N3O4.ClH/c20-19(21,22)15-7-11(10-23)8-16(24-15)29-13-4-1-3-12(9-13)17(26)25-6-2-5-14(25)18(27)28;/h1,3-4,7-9,14H,2,5-6,10,23H2,(H,27,28);1H/t14-;/m1./s1. The molecule has 0 bridgehead atoms. The molecule has 7 nitrogen and oxygen atoms in total. The van der Waals surface area contributed by atoms with Crippen molar-refractivity contribution in [1.82, 2.24) is 9.88 Å². The van der Waals surface area contributed by atoms with E-state index < -0.39 is 29.8 Å². The Morgan fingerprint density at radius 3 is 2.63 bits per heavy atom. The second-order valence-electron chi connectivity index (χ2n) is 6.53. The number of amides is 1. The third kappa shape index (κ3) is 5.19. The van der Waals surface area contributed by atoms with Crippen molar-refractivity contribution in [1.29, 1.82) is 0 Å². The molecule has 162 valence electrons. The summed E-state index contributed by atoms with van der Waals surface area (Å²) in [5, 5.41) is 9.24. The fraction of sp³-hybridized carbons (Fsp3) is 0.316. The molecule has 1 aliphatic rings. The normalized spacial score (nSPS) is 16.1. The van der Waals surface area contributed by atoms with E-state index in [1.807, 2.05) is 0 Å². The van der Waals surface area contributed by atoms with E-state index in [9.17, 15) is 27.9 Å². The molecule has 1 atom stereocenters. The number of nitrogens with two attached hydrogens (primary N) is 1. The minimum atomic E-state index is -4.66. The van der Waals surface area contributed by atoms with Crippen LogP contribution in [-0.4, -0.2) is 39.5 Å². The molecule has 1 saturated heterocycles. The first-order chi connectivity index (χ1) is 13.7. The number of pyridine rings is 1. The third-order valence-electron chi connectivity index (χ3n) is 4.49. The van der Waals surface area contributed by atoms with Crippen LogP contribution in [0.4, 0.5) is 13.2 Å². The summed E-state index contributed by atoms with van der Waals surface area (Å²) in [7, 11) is 0. The van der Waals surface area contributed by atoms with Gasteiger partial charge in [0.25, 0.3) is 5.91 Å². The number of halogens is 4. The number of alkyl halides is 3. The van der Waals surface area contributed by atoms with Crippen molar-refractivity contribution < 1.29 is 32.6 Å². The summed E-state index contributed by atoms with van der Waals surface area (Å²) in [6.07, 6.45) is -3.72. The maximum Gasteiger partial charge on any atom is 0.433 e. The number of rotatable bonds is 5. The van der Waals surface area contributed by atoms with Gasteiger partial charge in [-0.05, 0) is 42.7 Å². The van der Waals surface area contributed by atoms with Gasteiger partial charge in [-0.1, -0.05) is 6.07 Å². The molecule has 1 fully saturated rings. The van der Waals surface area contributed by atoms with E-state index in [2.05, 4.69) is 4.98 Å². The van der Waals surface area contributed by atoms with Crippen molar-refractivity contribution in [2.75, 3.05) is 6.54 Å². The first-order valence-corrected chi connectivity index (χ1v) is 8.79. The smallest absolute Gasteiger partial charge is 0.433 e. The van der Waals surface area contributed by atoms with Crippen LogP contribution in [0, 0.1) is 0 Å². The van der Waals surface area contributed by atoms with E-state index in [4.69, 9.17) is 10.5 Å². The van der Waals surface area contributed by atoms with Gasteiger partial charge in [-0.25, -0.2) is 9.78 Å². The predicted octanol–water partition coefficient (Wildman–Crippen LogP) is 3.46. The van der Waals surface area contributed by atoms with Gasteiger partial charge in [0.2, 0.25) is 5.88 Å². The highest BCUT2D eigenvalue weighted by molar-refractivity contribution is 5.97. The van der Waals surface area contributed by atoms with Crippen molar-refractivity contribution in [3.8, 4) is 11.6 Å². The summed E-state index contributed by atoms with van der Waals surface area (Å²) in [6, 6.07) is 6.99. The number of nitrogens with zero attached hydrogens (tertiary/aromatic N) is 2. The van der Waals surface area contributed by atoms with E-state index in [-0.39, 0.29) is 41.7 Å². The summed E-state index contributed by atoms with van der Waals surface area (Å²) in [5.74, 6) is -1.78. The molecule has 2 aromatic rings. The lowest BCUT2D eigenvalue weighted by molar-refractivity contribution is -0.142. The number of likely N-dealkylation sites (tertiary alicyclic amines) is 1. The van der Waals surface area contributed by atoms with E-state index in [0.717, 1.165) is 6.07 Å². The molecule has 3 rings (SSSR count). The number of aliphatic carboxylic acids is 1. The average molecular weight is 446 g/mol. The molecule has 3 N–H and O–H groups in total. The third-order valence-corrected chi connectivity index (χ3v) is 4.49. The van der Waals surface area contributed by atoms with Crippen molar-refractivity contribution >= 4 is 24.3 Å². The molecule has 0 saturated carbocycles. The number of hydrogen-bond donors (Lipinski definition) is 2. The highest BCUT2D eigenvalue weighted by atomic mass is 35.5. The summed E-state index contributed by atoms with van der Waals surface area (Å²) in [5.41, 5.74) is 4.67. The Bertz CT molecular complexity index is 939. The number of hydrogen-bond acceptors (Lipinski definition) is 5. The Kier molecular flexibility index (Phi) is 7.27. The number of carbonyl (C=O) groups is 2. The van der Waals surface area contributed by atoms with Gasteiger partial charge in [0.1, 0.15) is 17.5 Å². The van der Waals surface area contributed by atoms with Gasteiger partial charge in [-0.15, -0.1) is 12.4 Å². The van der Waals surface area contributed by atoms with Gasteiger partial charge in [0.05, 0.1) is 0 Å². The van der Waals surface area contributed by atoms with Crippen LogP contribution >= 0.6 is 12.4 Å². The molecular weight excluding hydrogens is 427 g/mol. The lowest BCUT2D eigenvalue weighted by Crippen LogP contribution is -2.40. The highest BCUT2D eigenvalue weighted by Crippen LogP contribution is 2.31. The van der Waals surface area contributed by atoms with Crippen LogP contribution in [0.15, 0.2) is 36.4 Å². The maximum absolute atomic E-state index is 13.0. The van der Waals surface area contributed by atoms with Crippen molar-refractivity contribution in [3.63, 3.8) is 0 Å². The minimum Gasteiger partial charge on any atom is -0.480 e. The number of carboxylic acid groups (broad SMARTS) is 1. The molecule has 30 heavy (non-hydrogen) atoms. The van der Waals surface area contributed by atoms with E-state index >= 15 is 0 Å². The summed E-state index contributed by atoms with van der Waals surface area (Å²) in [6.45, 7) is 0.182. The van der Waals surface area contributed by atoms with Crippen molar-refractivity contribution in [2.24, 2.45) is 5.73 Å². The summed E-state index contributed by atoms with van der Waals surface area (Å²) in [4.78, 5) is 28.7. The SMILES string of the molecule is Cl.NCc1cc(Oc2cccc(C(=O)N3CCC[C@@H]3C(=O)O)c2)nc(C(F)(F)F)c1. The molecule has 2 heterocycles. The number of carboxylic acids is 1. The summed E-state index contributed by atoms with van der Waals surface area (Å²) < 4.78 is 44.5. The Morgan fingerprint density at radius 2 is 2.00 bits per heavy atom. The van der Waals surface area contributed by atoms with Crippen LogP contribution in [0.5, 0.6) is 11.6 Å². The maximum atomic E-state index is 13.0. The Labute approximate surface area is 176 Å². The first kappa shape index (κ1) is 23.4. The van der Waals surface area contributed by atoms with Crippen LogP contribution < -0.4 is 10.5 Å². The average Bonchev–Trinajstić information content (AvgIpc) is 3.17. The zero-order valence-electron chi connectivity index (χ0n) is 15.6. The largest absolute Gasteiger partial charge is 0.480 e. The van der Waals surface area contributed by atoms with Gasteiger partial charge in [0.15, 0.2) is 0 Å². The molecule has 0 radical (unpaired) electrons. The molecule has 0 aliphatic carbocycles. The lowest BCUT2D eigenvalue weighted by Gasteiger charge is -2.21. The van der Waals surface area contributed by atoms with Gasteiger partial charge in [-0.3, -0.25) is 4.79 Å². The zero-order valence-corrected chi connectivity index (χ0v) is 16.4. The Morgan fingerprint density at radius 1 is 1.27 bits per heavy atom. The second kappa shape index (κ2) is 9.31. The van der Waals surface area contributed by atoms with Gasteiger partial charge >= 0.3 is 12.1 Å². The molecule has 1 aromatic heterocycles. The number of aromatic nitrogens is 1. The molecule has 0 unspecified atom stereocenters. The number of benzene rings is 1. The van der Waals surface area contributed by atoms with Crippen LogP contribution in [0.2, 0.25) is 0 Å². The lowest BCUT2D eigenvalue weighted by atomic mass is 10.1. The van der Waals surface area contributed by atoms with Crippen LogP contribution in [-0.2, 0) is 17.5 Å². The van der Waals surface area contributed by atoms with Gasteiger partial charge in [0, 0.05) is 24.7 Å². The van der Waals surface area contributed by atoms with E-state index in [0.29, 0.717) is 19.4 Å².